The Kier molecular flexibility index (Phi) is 4.46. The molecule has 0 atom stereocenters. The summed E-state index contributed by atoms with van der Waals surface area (Å²) in [5.41, 5.74) is 3.96. The van der Waals surface area contributed by atoms with Crippen molar-refractivity contribution in [1.82, 2.24) is 9.97 Å². The SMILES string of the molecule is Brc1cccc(-c2nc(-c3ccccc3)c3c(ccc4c(Br)cccc43)n2)c1. The van der Waals surface area contributed by atoms with Crippen molar-refractivity contribution in [1.29, 1.82) is 0 Å². The third-order valence-corrected chi connectivity index (χ3v) is 5.98. The number of rotatable bonds is 2. The standard InChI is InChI=1S/C24H14Br2N2/c25-17-9-4-8-16(14-17)24-27-21-13-12-18-19(10-5-11-20(18)26)22(21)23(28-24)15-6-2-1-3-7-15/h1-14H. The summed E-state index contributed by atoms with van der Waals surface area (Å²) in [5, 5.41) is 3.38. The maximum atomic E-state index is 5.02. The highest BCUT2D eigenvalue weighted by atomic mass is 79.9. The van der Waals surface area contributed by atoms with Crippen molar-refractivity contribution in [3.05, 3.63) is 93.9 Å². The molecule has 0 bridgehead atoms. The first kappa shape index (κ1) is 17.5. The second-order valence-electron chi connectivity index (χ2n) is 6.57. The summed E-state index contributed by atoms with van der Waals surface area (Å²) < 4.78 is 2.08. The number of hydrogen-bond acceptors (Lipinski definition) is 2. The zero-order chi connectivity index (χ0) is 19.1. The summed E-state index contributed by atoms with van der Waals surface area (Å²) in [6.07, 6.45) is 0. The van der Waals surface area contributed by atoms with Gasteiger partial charge in [-0.3, -0.25) is 0 Å². The molecule has 0 aliphatic carbocycles. The van der Waals surface area contributed by atoms with Gasteiger partial charge in [0, 0.05) is 25.5 Å². The minimum Gasteiger partial charge on any atom is -0.228 e. The van der Waals surface area contributed by atoms with E-state index in [0.29, 0.717) is 0 Å². The maximum absolute atomic E-state index is 5.02. The van der Waals surface area contributed by atoms with Gasteiger partial charge in [0.2, 0.25) is 0 Å². The van der Waals surface area contributed by atoms with Gasteiger partial charge in [0.05, 0.1) is 11.2 Å². The number of fused-ring (bicyclic) bond motifs is 3. The second kappa shape index (κ2) is 7.12. The molecule has 2 nitrogen and oxygen atoms in total. The van der Waals surface area contributed by atoms with Gasteiger partial charge in [0.15, 0.2) is 5.82 Å². The Hall–Kier alpha value is -2.56. The molecular weight excluding hydrogens is 476 g/mol. The van der Waals surface area contributed by atoms with Gasteiger partial charge < -0.3 is 0 Å². The van der Waals surface area contributed by atoms with Crippen LogP contribution in [0.25, 0.3) is 44.3 Å². The Labute approximate surface area is 179 Å². The molecule has 4 aromatic carbocycles. The van der Waals surface area contributed by atoms with Crippen LogP contribution in [0, 0.1) is 0 Å². The monoisotopic (exact) mass is 488 g/mol. The largest absolute Gasteiger partial charge is 0.228 e. The molecule has 0 saturated heterocycles. The molecule has 0 N–H and O–H groups in total. The van der Waals surface area contributed by atoms with Crippen LogP contribution in [0.2, 0.25) is 0 Å². The molecule has 0 unspecified atom stereocenters. The molecule has 134 valence electrons. The molecule has 0 saturated carbocycles. The van der Waals surface area contributed by atoms with Crippen molar-refractivity contribution >= 4 is 53.5 Å². The van der Waals surface area contributed by atoms with Crippen LogP contribution in [-0.4, -0.2) is 9.97 Å². The molecule has 5 rings (SSSR count). The third kappa shape index (κ3) is 3.03. The van der Waals surface area contributed by atoms with Crippen molar-refractivity contribution in [3.8, 4) is 22.6 Å². The van der Waals surface area contributed by atoms with E-state index in [1.165, 1.54) is 0 Å². The van der Waals surface area contributed by atoms with E-state index in [0.717, 1.165) is 53.3 Å². The molecule has 0 fully saturated rings. The van der Waals surface area contributed by atoms with Crippen molar-refractivity contribution < 1.29 is 0 Å². The summed E-state index contributed by atoms with van der Waals surface area (Å²) in [5.74, 6) is 0.724. The summed E-state index contributed by atoms with van der Waals surface area (Å²) >= 11 is 7.23. The smallest absolute Gasteiger partial charge is 0.160 e. The van der Waals surface area contributed by atoms with Gasteiger partial charge in [-0.1, -0.05) is 92.5 Å². The third-order valence-electron chi connectivity index (χ3n) is 4.80. The number of nitrogens with zero attached hydrogens (tertiary/aromatic N) is 2. The molecule has 0 aliphatic heterocycles. The van der Waals surface area contributed by atoms with Gasteiger partial charge in [0.25, 0.3) is 0 Å². The summed E-state index contributed by atoms with van der Waals surface area (Å²) in [6.45, 7) is 0. The lowest BCUT2D eigenvalue weighted by atomic mass is 10.00. The first-order valence-electron chi connectivity index (χ1n) is 8.91. The van der Waals surface area contributed by atoms with Crippen LogP contribution < -0.4 is 0 Å². The number of hydrogen-bond donors (Lipinski definition) is 0. The maximum Gasteiger partial charge on any atom is 0.160 e. The van der Waals surface area contributed by atoms with Crippen molar-refractivity contribution in [2.45, 2.75) is 0 Å². The minimum absolute atomic E-state index is 0.724. The highest BCUT2D eigenvalue weighted by molar-refractivity contribution is 9.11. The molecule has 5 aromatic rings. The molecule has 1 heterocycles. The molecule has 28 heavy (non-hydrogen) atoms. The quantitative estimate of drug-likeness (QED) is 0.238. The Morgan fingerprint density at radius 3 is 2.21 bits per heavy atom. The summed E-state index contributed by atoms with van der Waals surface area (Å²) in [7, 11) is 0. The van der Waals surface area contributed by atoms with Crippen molar-refractivity contribution in [2.75, 3.05) is 0 Å². The Bertz CT molecular complexity index is 1330. The van der Waals surface area contributed by atoms with E-state index < -0.39 is 0 Å². The first-order chi connectivity index (χ1) is 13.7. The Morgan fingerprint density at radius 2 is 1.39 bits per heavy atom. The molecule has 0 spiro atoms. The van der Waals surface area contributed by atoms with Gasteiger partial charge in [0.1, 0.15) is 0 Å². The predicted octanol–water partition coefficient (Wildman–Crippen LogP) is 7.64. The van der Waals surface area contributed by atoms with Crippen LogP contribution in [-0.2, 0) is 0 Å². The lowest BCUT2D eigenvalue weighted by Gasteiger charge is -2.12. The van der Waals surface area contributed by atoms with Gasteiger partial charge in [-0.15, -0.1) is 0 Å². The van der Waals surface area contributed by atoms with E-state index in [9.17, 15) is 0 Å². The molecule has 0 amide bonds. The number of halogens is 2. The zero-order valence-electron chi connectivity index (χ0n) is 14.7. The molecule has 4 heteroatoms. The lowest BCUT2D eigenvalue weighted by molar-refractivity contribution is 1.23. The normalized spacial score (nSPS) is 11.2. The predicted molar refractivity (Wildman–Crippen MR) is 123 cm³/mol. The fourth-order valence-electron chi connectivity index (χ4n) is 3.51. The lowest BCUT2D eigenvalue weighted by Crippen LogP contribution is -1.96. The van der Waals surface area contributed by atoms with E-state index in [2.05, 4.69) is 74.3 Å². The van der Waals surface area contributed by atoms with Crippen LogP contribution in [0.5, 0.6) is 0 Å². The molecule has 1 aromatic heterocycles. The average molecular weight is 490 g/mol. The molecule has 0 radical (unpaired) electrons. The van der Waals surface area contributed by atoms with Crippen LogP contribution >= 0.6 is 31.9 Å². The summed E-state index contributed by atoms with van der Waals surface area (Å²) in [6, 6.07) is 28.9. The van der Waals surface area contributed by atoms with Gasteiger partial charge >= 0.3 is 0 Å². The van der Waals surface area contributed by atoms with E-state index in [1.807, 2.05) is 42.5 Å². The first-order valence-corrected chi connectivity index (χ1v) is 10.5. The Balaban J connectivity index is 1.91. The van der Waals surface area contributed by atoms with Crippen molar-refractivity contribution in [3.63, 3.8) is 0 Å². The van der Waals surface area contributed by atoms with E-state index >= 15 is 0 Å². The average Bonchev–Trinajstić information content (AvgIpc) is 2.73. The highest BCUT2D eigenvalue weighted by Gasteiger charge is 2.15. The van der Waals surface area contributed by atoms with Crippen LogP contribution in [0.15, 0.2) is 93.9 Å². The van der Waals surface area contributed by atoms with E-state index in [-0.39, 0.29) is 0 Å². The zero-order valence-corrected chi connectivity index (χ0v) is 17.9. The molecule has 0 aliphatic rings. The van der Waals surface area contributed by atoms with Crippen molar-refractivity contribution in [2.24, 2.45) is 0 Å². The summed E-state index contributed by atoms with van der Waals surface area (Å²) in [4.78, 5) is 9.92. The Morgan fingerprint density at radius 1 is 0.607 bits per heavy atom. The molecular formula is C24H14Br2N2. The van der Waals surface area contributed by atoms with Crippen LogP contribution in [0.1, 0.15) is 0 Å². The van der Waals surface area contributed by atoms with E-state index in [4.69, 9.17) is 9.97 Å². The fourth-order valence-corrected chi connectivity index (χ4v) is 4.41. The van der Waals surface area contributed by atoms with Gasteiger partial charge in [-0.05, 0) is 35.0 Å². The fraction of sp³-hybridized carbons (Fsp3) is 0. The topological polar surface area (TPSA) is 25.8 Å². The number of aromatic nitrogens is 2. The van der Waals surface area contributed by atoms with Crippen LogP contribution in [0.3, 0.4) is 0 Å². The van der Waals surface area contributed by atoms with E-state index in [1.54, 1.807) is 0 Å². The number of benzene rings is 4. The van der Waals surface area contributed by atoms with Gasteiger partial charge in [-0.2, -0.15) is 0 Å². The highest BCUT2D eigenvalue weighted by Crippen LogP contribution is 2.36. The van der Waals surface area contributed by atoms with Crippen LogP contribution in [0.4, 0.5) is 0 Å². The minimum atomic E-state index is 0.724. The van der Waals surface area contributed by atoms with Gasteiger partial charge in [-0.25, -0.2) is 9.97 Å². The second-order valence-corrected chi connectivity index (χ2v) is 8.34.